The Bertz CT molecular complexity index is 2830. The summed E-state index contributed by atoms with van der Waals surface area (Å²) < 4.78 is 45.6. The van der Waals surface area contributed by atoms with Crippen molar-refractivity contribution in [2.75, 3.05) is 69.9 Å². The second-order valence-electron chi connectivity index (χ2n) is 27.6. The minimum atomic E-state index is -0.984. The Morgan fingerprint density at radius 3 is 0.887 bits per heavy atom. The predicted molar refractivity (Wildman–Crippen MR) is 412 cm³/mol. The van der Waals surface area contributed by atoms with E-state index in [-0.39, 0.29) is 110 Å². The fourth-order valence-electron chi connectivity index (χ4n) is 13.5. The van der Waals surface area contributed by atoms with E-state index in [1.54, 1.807) is 13.8 Å². The Kier molecular flexibility index (Phi) is 38.6. The molecular weight excluding hydrogens is 1290 g/mol. The molecule has 7 saturated carbocycles. The zero-order valence-electron chi connectivity index (χ0n) is 64.1. The average Bonchev–Trinajstić information content (AvgIpc) is 1.07. The maximum Gasteiger partial charge on any atom is 0.350 e. The van der Waals surface area contributed by atoms with Crippen molar-refractivity contribution in [3.05, 3.63) is 97.1 Å². The molecule has 0 aliphatic heterocycles. The third kappa shape index (κ3) is 29.1. The highest BCUT2D eigenvalue weighted by molar-refractivity contribution is 7.96. The van der Waals surface area contributed by atoms with E-state index in [2.05, 4.69) is 81.2 Å². The topological polar surface area (TPSA) is 142 Å². The molecule has 7 aliphatic carbocycles. The third-order valence-electron chi connectivity index (χ3n) is 18.8. The van der Waals surface area contributed by atoms with Crippen LogP contribution in [0.4, 0.5) is 0 Å². The first-order valence-corrected chi connectivity index (χ1v) is 44.5. The fourth-order valence-corrected chi connectivity index (χ4v) is 16.2. The first kappa shape index (κ1) is 86.6. The smallest absolute Gasteiger partial charge is 0.350 e. The Hall–Kier alpha value is -4.64. The highest BCUT2D eigenvalue weighted by Gasteiger charge is 2.57. The molecule has 97 heavy (non-hydrogen) atoms. The van der Waals surface area contributed by atoms with Crippen molar-refractivity contribution in [3.8, 4) is 23.0 Å². The number of ether oxygens (including phenoxy) is 8. The molecule has 0 N–H and O–H groups in total. The van der Waals surface area contributed by atoms with Crippen LogP contribution in [0.3, 0.4) is 0 Å². The predicted octanol–water partition coefficient (Wildman–Crippen LogP) is 19.3. The summed E-state index contributed by atoms with van der Waals surface area (Å²) in [7, 11) is 0.949. The molecule has 12 nitrogen and oxygen atoms in total. The van der Waals surface area contributed by atoms with Crippen LogP contribution in [0, 0.1) is 23.7 Å². The van der Waals surface area contributed by atoms with Crippen LogP contribution in [-0.2, 0) is 81.7 Å². The molecule has 4 aromatic rings. The van der Waals surface area contributed by atoms with E-state index in [0.29, 0.717) is 23.3 Å². The number of carbonyl (C=O) groups is 4. The molecule has 7 fully saturated rings. The van der Waals surface area contributed by atoms with Crippen LogP contribution in [0.5, 0.6) is 23.0 Å². The molecule has 0 radical (unpaired) electrons. The molecule has 0 amide bonds. The first-order chi connectivity index (χ1) is 46.1. The standard InChI is InChI=1S/C21H29O3S.C19H29O3S.C17H25O3S.C16H23O3S.4C2H6/c1-21(16-9-14-8-15(11-16)12-17(21)10-14)24-20(22)13-23-18-4-6-19(7-5-18)25(2)3;1-18(2,17(20)22-19(3)13-7-6-8-14-19)21-15-9-11-16(12-10-15)23(4)5;1-17(11-5-4-6-12-17)20-16(18)13-19-14-7-9-15(10-8-14)21(2)3;1-16(10-4-5-11-16)19-15(17)12-18-13-6-8-14(9-7-13)20(2)3;4*1-2/h4-7,14-17H,8-13H2,1-3H3;9-12H,6-8,13-14H2,1-5H3;7-10H,4-6,11-13H2,1-3H3;6-9H,4-5,10-12H2,1-3H3;4*1-2H3/q4*+1;;;;. The molecular formula is C81H130O12S4+4. The van der Waals surface area contributed by atoms with E-state index in [1.165, 1.54) is 64.5 Å². The summed E-state index contributed by atoms with van der Waals surface area (Å²) >= 11 is 0. The van der Waals surface area contributed by atoms with Crippen LogP contribution in [0.15, 0.2) is 117 Å². The maximum absolute atomic E-state index is 12.6. The monoisotopic (exact) mass is 1420 g/mol. The van der Waals surface area contributed by atoms with Gasteiger partial charge in [0.25, 0.3) is 0 Å². The fraction of sp³-hybridized carbons (Fsp3) is 0.654. The van der Waals surface area contributed by atoms with E-state index >= 15 is 0 Å². The van der Waals surface area contributed by atoms with Crippen molar-refractivity contribution < 1.29 is 57.1 Å². The SMILES string of the molecule is CC.CC.CC.CC.C[S+](C)c1ccc(OC(C)(C)C(=O)OC2(C)CCCCC2)cc1.C[S+](C)c1ccc(OCC(=O)OC2(C)C3CC4CC(C3)CC2C4)cc1.C[S+](C)c1ccc(OCC(=O)OC2(C)CCCC2)cc1.C[S+](C)c1ccc(OCC(=O)OC2(C)CCCCC2)cc1. The van der Waals surface area contributed by atoms with E-state index < -0.39 is 5.60 Å². The van der Waals surface area contributed by atoms with Crippen LogP contribution in [0.1, 0.15) is 219 Å². The van der Waals surface area contributed by atoms with Crippen LogP contribution in [-0.4, -0.2) is 122 Å². The normalized spacial score (nSPS) is 21.1. The number of esters is 4. The van der Waals surface area contributed by atoms with Crippen molar-refractivity contribution in [1.29, 1.82) is 0 Å². The molecule has 7 aliphatic rings. The molecule has 0 heterocycles. The average molecular weight is 1420 g/mol. The second-order valence-corrected chi connectivity index (χ2v) is 36.0. The molecule has 4 aromatic carbocycles. The van der Waals surface area contributed by atoms with Gasteiger partial charge in [-0.15, -0.1) is 0 Å². The van der Waals surface area contributed by atoms with Gasteiger partial charge in [0.1, 0.15) is 95.4 Å². The van der Waals surface area contributed by atoms with Crippen molar-refractivity contribution in [2.45, 2.75) is 267 Å². The van der Waals surface area contributed by atoms with Gasteiger partial charge in [0.2, 0.25) is 0 Å². The van der Waals surface area contributed by atoms with Gasteiger partial charge in [-0.05, 0) is 271 Å². The Balaban J connectivity index is 0.000000326. The second kappa shape index (κ2) is 43.2. The molecule has 0 aromatic heterocycles. The van der Waals surface area contributed by atoms with Gasteiger partial charge < -0.3 is 37.9 Å². The van der Waals surface area contributed by atoms with Gasteiger partial charge in [0.05, 0.1) is 0 Å². The minimum absolute atomic E-state index is 0.00516. The van der Waals surface area contributed by atoms with Crippen molar-refractivity contribution >= 4 is 67.5 Å². The van der Waals surface area contributed by atoms with Crippen molar-refractivity contribution in [3.63, 3.8) is 0 Å². The van der Waals surface area contributed by atoms with Gasteiger partial charge in [-0.3, -0.25) is 0 Å². The summed E-state index contributed by atoms with van der Waals surface area (Å²) in [5.74, 6) is 4.70. The van der Waals surface area contributed by atoms with Crippen LogP contribution in [0.25, 0.3) is 0 Å². The Morgan fingerprint density at radius 1 is 0.361 bits per heavy atom. The third-order valence-corrected chi connectivity index (χ3v) is 23.6. The summed E-state index contributed by atoms with van der Waals surface area (Å²) in [5, 5.41) is 0. The summed E-state index contributed by atoms with van der Waals surface area (Å²) in [4.78, 5) is 53.9. The van der Waals surface area contributed by atoms with Crippen LogP contribution < -0.4 is 18.9 Å². The van der Waals surface area contributed by atoms with Gasteiger partial charge in [-0.25, -0.2) is 19.2 Å². The largest absolute Gasteiger partial charge is 0.482 e. The van der Waals surface area contributed by atoms with Crippen LogP contribution >= 0.6 is 0 Å². The van der Waals surface area contributed by atoms with E-state index in [1.807, 2.05) is 149 Å². The van der Waals surface area contributed by atoms with Gasteiger partial charge in [-0.1, -0.05) is 68.2 Å². The zero-order valence-corrected chi connectivity index (χ0v) is 67.4. The van der Waals surface area contributed by atoms with Gasteiger partial charge in [-0.2, -0.15) is 0 Å². The minimum Gasteiger partial charge on any atom is -0.482 e. The molecule has 0 saturated heterocycles. The maximum atomic E-state index is 12.6. The molecule has 0 atom stereocenters. The molecule has 11 rings (SSSR count). The summed E-state index contributed by atoms with van der Waals surface area (Å²) in [6, 6.07) is 31.8. The quantitative estimate of drug-likeness (QED) is 0.0472. The molecule has 546 valence electrons. The van der Waals surface area contributed by atoms with Gasteiger partial charge in [0, 0.05) is 43.6 Å². The Labute approximate surface area is 600 Å². The zero-order chi connectivity index (χ0) is 72.6. The highest BCUT2D eigenvalue weighted by atomic mass is 32.2. The number of hydrogen-bond donors (Lipinski definition) is 0. The highest BCUT2D eigenvalue weighted by Crippen LogP contribution is 2.59. The molecule has 0 spiro atoms. The number of rotatable bonds is 20. The number of hydrogen-bond acceptors (Lipinski definition) is 12. The van der Waals surface area contributed by atoms with Gasteiger partial charge >= 0.3 is 23.9 Å². The van der Waals surface area contributed by atoms with Crippen molar-refractivity contribution in [1.82, 2.24) is 0 Å². The lowest BCUT2D eigenvalue weighted by Crippen LogP contribution is -2.58. The van der Waals surface area contributed by atoms with E-state index in [9.17, 15) is 19.2 Å². The Morgan fingerprint density at radius 2 is 0.608 bits per heavy atom. The van der Waals surface area contributed by atoms with Crippen LogP contribution in [0.2, 0.25) is 0 Å². The summed E-state index contributed by atoms with van der Waals surface area (Å²) in [6.45, 7) is 27.8. The lowest BCUT2D eigenvalue weighted by molar-refractivity contribution is -0.204. The van der Waals surface area contributed by atoms with Crippen molar-refractivity contribution in [2.24, 2.45) is 23.7 Å². The molecule has 0 unspecified atom stereocenters. The summed E-state index contributed by atoms with van der Waals surface area (Å²) in [5.41, 5.74) is -2.15. The van der Waals surface area contributed by atoms with E-state index in [0.717, 1.165) is 100 Å². The first-order valence-electron chi connectivity index (χ1n) is 36.3. The van der Waals surface area contributed by atoms with E-state index in [4.69, 9.17) is 37.9 Å². The number of carbonyl (C=O) groups excluding carboxylic acids is 4. The molecule has 4 bridgehead atoms. The number of benzene rings is 4. The summed E-state index contributed by atoms with van der Waals surface area (Å²) in [6.07, 6.45) is 38.9. The molecule has 16 heteroatoms. The lowest BCUT2D eigenvalue weighted by Gasteiger charge is -2.59. The van der Waals surface area contributed by atoms with Gasteiger partial charge in [0.15, 0.2) is 45.0 Å². The lowest BCUT2D eigenvalue weighted by atomic mass is 9.50.